The first-order valence-electron chi connectivity index (χ1n) is 9.10. The molecule has 2 aliphatic heterocycles. The average molecular weight is 339 g/mol. The Morgan fingerprint density at radius 2 is 2.12 bits per heavy atom. The van der Waals surface area contributed by atoms with E-state index in [0.717, 1.165) is 56.8 Å². The van der Waals surface area contributed by atoms with Crippen LogP contribution < -0.4 is 0 Å². The Labute approximate surface area is 148 Å². The summed E-state index contributed by atoms with van der Waals surface area (Å²) >= 11 is 0. The van der Waals surface area contributed by atoms with Crippen LogP contribution in [0.3, 0.4) is 0 Å². The third-order valence-corrected chi connectivity index (χ3v) is 5.54. The summed E-state index contributed by atoms with van der Waals surface area (Å²) in [6.45, 7) is 6.24. The Morgan fingerprint density at radius 1 is 1.20 bits per heavy atom. The summed E-state index contributed by atoms with van der Waals surface area (Å²) in [5, 5.41) is 0. The number of furan rings is 1. The molecule has 5 heteroatoms. The molecule has 0 aromatic carbocycles. The molecule has 25 heavy (non-hydrogen) atoms. The number of rotatable bonds is 4. The second-order valence-corrected chi connectivity index (χ2v) is 7.47. The maximum Gasteiger partial charge on any atom is 0.230 e. The van der Waals surface area contributed by atoms with E-state index in [4.69, 9.17) is 4.42 Å². The lowest BCUT2D eigenvalue weighted by molar-refractivity contribution is -0.139. The summed E-state index contributed by atoms with van der Waals surface area (Å²) < 4.78 is 5.18. The van der Waals surface area contributed by atoms with Crippen molar-refractivity contribution in [3.8, 4) is 0 Å². The molecule has 2 saturated heterocycles. The topological polar surface area (TPSA) is 49.6 Å². The molecular formula is C20H25N3O2. The van der Waals surface area contributed by atoms with Crippen LogP contribution in [0.1, 0.15) is 36.2 Å². The molecule has 5 nitrogen and oxygen atoms in total. The fourth-order valence-electron chi connectivity index (χ4n) is 4.31. The van der Waals surface area contributed by atoms with Gasteiger partial charge in [-0.1, -0.05) is 6.07 Å². The molecule has 0 radical (unpaired) electrons. The molecule has 2 aliphatic rings. The van der Waals surface area contributed by atoms with E-state index in [9.17, 15) is 4.79 Å². The van der Waals surface area contributed by atoms with Crippen molar-refractivity contribution >= 4 is 5.91 Å². The third kappa shape index (κ3) is 3.33. The normalized spacial score (nSPS) is 24.4. The number of hydrogen-bond donors (Lipinski definition) is 0. The Hall–Kier alpha value is -2.14. The van der Waals surface area contributed by atoms with E-state index < -0.39 is 0 Å². The minimum atomic E-state index is -0.203. The standard InChI is InChI=1S/C20H25N3O2/c1-16-4-2-5-18(21-16)13-23-10-8-20(19(23)24)7-3-9-22(15-20)12-17-6-11-25-14-17/h2,4-6,11,14H,3,7-10,12-13,15H2,1H3. The second-order valence-electron chi connectivity index (χ2n) is 7.47. The molecule has 0 bridgehead atoms. The van der Waals surface area contributed by atoms with Crippen LogP contribution in [0.15, 0.2) is 41.2 Å². The van der Waals surface area contributed by atoms with Gasteiger partial charge in [-0.2, -0.15) is 0 Å². The van der Waals surface area contributed by atoms with Crippen molar-refractivity contribution < 1.29 is 9.21 Å². The number of nitrogens with zero attached hydrogens (tertiary/aromatic N) is 3. The number of aryl methyl sites for hydroxylation is 1. The first kappa shape index (κ1) is 16.3. The summed E-state index contributed by atoms with van der Waals surface area (Å²) in [4.78, 5) is 22.1. The molecule has 4 rings (SSSR count). The predicted molar refractivity (Wildman–Crippen MR) is 94.7 cm³/mol. The number of amides is 1. The number of carbonyl (C=O) groups is 1. The van der Waals surface area contributed by atoms with Crippen molar-refractivity contribution in [2.75, 3.05) is 19.6 Å². The first-order chi connectivity index (χ1) is 12.1. The number of pyridine rings is 1. The Morgan fingerprint density at radius 3 is 2.92 bits per heavy atom. The van der Waals surface area contributed by atoms with Crippen LogP contribution in [-0.2, 0) is 17.9 Å². The monoisotopic (exact) mass is 339 g/mol. The first-order valence-corrected chi connectivity index (χ1v) is 9.10. The van der Waals surface area contributed by atoms with Crippen LogP contribution in [0.4, 0.5) is 0 Å². The van der Waals surface area contributed by atoms with Crippen molar-refractivity contribution in [3.63, 3.8) is 0 Å². The van der Waals surface area contributed by atoms with Crippen molar-refractivity contribution in [1.82, 2.24) is 14.8 Å². The van der Waals surface area contributed by atoms with Crippen molar-refractivity contribution in [3.05, 3.63) is 53.7 Å². The fourth-order valence-corrected chi connectivity index (χ4v) is 4.31. The molecule has 0 N–H and O–H groups in total. The highest BCUT2D eigenvalue weighted by atomic mass is 16.3. The van der Waals surface area contributed by atoms with Gasteiger partial charge in [0.1, 0.15) is 0 Å². The summed E-state index contributed by atoms with van der Waals surface area (Å²) in [6.07, 6.45) is 6.56. The number of carbonyl (C=O) groups excluding carboxylic acids is 1. The van der Waals surface area contributed by atoms with Gasteiger partial charge >= 0.3 is 0 Å². The zero-order valence-corrected chi connectivity index (χ0v) is 14.8. The molecule has 2 aromatic rings. The Balaban J connectivity index is 1.44. The molecule has 1 unspecified atom stereocenters. The second kappa shape index (κ2) is 6.64. The third-order valence-electron chi connectivity index (χ3n) is 5.54. The summed E-state index contributed by atoms with van der Waals surface area (Å²) in [6, 6.07) is 8.03. The van der Waals surface area contributed by atoms with E-state index in [1.165, 1.54) is 5.56 Å². The molecule has 2 aromatic heterocycles. The molecule has 0 saturated carbocycles. The molecule has 2 fully saturated rings. The van der Waals surface area contributed by atoms with Crippen LogP contribution in [0.25, 0.3) is 0 Å². The van der Waals surface area contributed by atoms with Crippen molar-refractivity contribution in [2.45, 2.75) is 39.3 Å². The van der Waals surface area contributed by atoms with Gasteiger partial charge in [-0.05, 0) is 50.9 Å². The summed E-state index contributed by atoms with van der Waals surface area (Å²) in [5.74, 6) is 0.313. The van der Waals surface area contributed by atoms with E-state index in [1.807, 2.05) is 36.1 Å². The largest absolute Gasteiger partial charge is 0.472 e. The Kier molecular flexibility index (Phi) is 4.34. The zero-order valence-electron chi connectivity index (χ0n) is 14.8. The van der Waals surface area contributed by atoms with Gasteiger partial charge in [0.25, 0.3) is 0 Å². The van der Waals surface area contributed by atoms with Gasteiger partial charge in [0.15, 0.2) is 0 Å². The highest BCUT2D eigenvalue weighted by Gasteiger charge is 2.48. The lowest BCUT2D eigenvalue weighted by Gasteiger charge is -2.38. The van der Waals surface area contributed by atoms with Crippen LogP contribution in [0.5, 0.6) is 0 Å². The zero-order chi connectivity index (χ0) is 17.3. The SMILES string of the molecule is Cc1cccc(CN2CCC3(CCCN(Cc4ccoc4)C3)C2=O)n1. The van der Waals surface area contributed by atoms with Gasteiger partial charge in [0.05, 0.1) is 30.2 Å². The summed E-state index contributed by atoms with van der Waals surface area (Å²) in [5.41, 5.74) is 2.97. The molecule has 1 spiro atoms. The van der Waals surface area contributed by atoms with E-state index in [0.29, 0.717) is 12.5 Å². The van der Waals surface area contributed by atoms with E-state index in [2.05, 4.69) is 9.88 Å². The average Bonchev–Trinajstić information content (AvgIpc) is 3.20. The van der Waals surface area contributed by atoms with Crippen LogP contribution in [0, 0.1) is 12.3 Å². The molecule has 0 aliphatic carbocycles. The summed E-state index contributed by atoms with van der Waals surface area (Å²) in [7, 11) is 0. The van der Waals surface area contributed by atoms with Gasteiger partial charge in [0, 0.05) is 30.9 Å². The minimum absolute atomic E-state index is 0.203. The molecule has 1 amide bonds. The number of hydrogen-bond acceptors (Lipinski definition) is 4. The van der Waals surface area contributed by atoms with Gasteiger partial charge in [-0.25, -0.2) is 0 Å². The van der Waals surface area contributed by atoms with Crippen molar-refractivity contribution in [2.24, 2.45) is 5.41 Å². The minimum Gasteiger partial charge on any atom is -0.472 e. The van der Waals surface area contributed by atoms with Gasteiger partial charge in [-0.15, -0.1) is 0 Å². The van der Waals surface area contributed by atoms with E-state index in [-0.39, 0.29) is 5.41 Å². The highest BCUT2D eigenvalue weighted by Crippen LogP contribution is 2.41. The number of aromatic nitrogens is 1. The smallest absolute Gasteiger partial charge is 0.230 e. The van der Waals surface area contributed by atoms with E-state index in [1.54, 1.807) is 12.5 Å². The van der Waals surface area contributed by atoms with E-state index >= 15 is 0 Å². The van der Waals surface area contributed by atoms with Crippen LogP contribution in [-0.4, -0.2) is 40.3 Å². The quantitative estimate of drug-likeness (QED) is 0.859. The molecule has 4 heterocycles. The number of piperidine rings is 1. The predicted octanol–water partition coefficient (Wildman–Crippen LogP) is 3.00. The number of likely N-dealkylation sites (tertiary alicyclic amines) is 2. The maximum absolute atomic E-state index is 13.2. The van der Waals surface area contributed by atoms with Gasteiger partial charge in [-0.3, -0.25) is 14.7 Å². The van der Waals surface area contributed by atoms with Crippen LogP contribution in [0.2, 0.25) is 0 Å². The molecule has 132 valence electrons. The lowest BCUT2D eigenvalue weighted by atomic mass is 9.78. The van der Waals surface area contributed by atoms with Crippen LogP contribution >= 0.6 is 0 Å². The highest BCUT2D eigenvalue weighted by molar-refractivity contribution is 5.85. The van der Waals surface area contributed by atoms with Gasteiger partial charge < -0.3 is 9.32 Å². The molecule has 1 atom stereocenters. The van der Waals surface area contributed by atoms with Gasteiger partial charge in [0.2, 0.25) is 5.91 Å². The molecular weight excluding hydrogens is 314 g/mol. The van der Waals surface area contributed by atoms with Crippen molar-refractivity contribution in [1.29, 1.82) is 0 Å². The maximum atomic E-state index is 13.2. The fraction of sp³-hybridized carbons (Fsp3) is 0.500. The lowest BCUT2D eigenvalue weighted by Crippen LogP contribution is -2.47. The Bertz CT molecular complexity index is 743.